The number of carbonyl (C=O) groups is 1. The highest BCUT2D eigenvalue weighted by atomic mass is 19.3. The molecule has 190 valence electrons. The highest BCUT2D eigenvalue weighted by molar-refractivity contribution is 5.90. The minimum absolute atomic E-state index is 0.0282. The second-order valence-electron chi connectivity index (χ2n) is 8.67. The number of nitrogens with zero attached hydrogens (tertiary/aromatic N) is 9. The number of hydrogen-bond donors (Lipinski definition) is 0. The van der Waals surface area contributed by atoms with E-state index in [1.165, 1.54) is 10.6 Å². The largest absolute Gasteiger partial charge is 0.433 e. The van der Waals surface area contributed by atoms with Gasteiger partial charge >= 0.3 is 18.4 Å². The summed E-state index contributed by atoms with van der Waals surface area (Å²) < 4.78 is 41.4. The van der Waals surface area contributed by atoms with Gasteiger partial charge in [-0.2, -0.15) is 19.0 Å². The van der Waals surface area contributed by atoms with Gasteiger partial charge in [-0.15, -0.1) is 10.2 Å². The predicted molar refractivity (Wildman–Crippen MR) is 123 cm³/mol. The third-order valence-electron chi connectivity index (χ3n) is 6.56. The molecule has 1 aliphatic rings. The molecule has 1 aliphatic heterocycles. The molecule has 5 aromatic rings. The van der Waals surface area contributed by atoms with Crippen molar-refractivity contribution in [2.24, 2.45) is 14.1 Å². The molecular formula is C23H21F2N9O3. The van der Waals surface area contributed by atoms with Crippen LogP contribution >= 0.6 is 0 Å². The quantitative estimate of drug-likeness (QED) is 0.354. The summed E-state index contributed by atoms with van der Waals surface area (Å²) in [6, 6.07) is 3.89. The molecule has 37 heavy (non-hydrogen) atoms. The van der Waals surface area contributed by atoms with E-state index in [0.29, 0.717) is 35.4 Å². The van der Waals surface area contributed by atoms with Gasteiger partial charge in [0.2, 0.25) is 0 Å². The SMILES string of the molecule is Cc1c(-c2nnc(C(=O)N3CCc4c(ncn4C)[C@H]3c3cc4c(OC(F)F)cccn4n3)o2)cnn1C. The van der Waals surface area contributed by atoms with E-state index in [9.17, 15) is 13.6 Å². The normalized spacial score (nSPS) is 15.5. The van der Waals surface area contributed by atoms with Gasteiger partial charge in [-0.25, -0.2) is 9.50 Å². The fourth-order valence-electron chi connectivity index (χ4n) is 4.62. The van der Waals surface area contributed by atoms with E-state index in [1.54, 1.807) is 47.5 Å². The van der Waals surface area contributed by atoms with Crippen LogP contribution in [0.1, 0.15) is 39.5 Å². The molecule has 6 rings (SSSR count). The molecule has 14 heteroatoms. The first-order chi connectivity index (χ1) is 17.8. The maximum absolute atomic E-state index is 13.7. The van der Waals surface area contributed by atoms with Crippen molar-refractivity contribution in [3.05, 3.63) is 65.6 Å². The second kappa shape index (κ2) is 8.50. The van der Waals surface area contributed by atoms with Gasteiger partial charge in [0.15, 0.2) is 5.75 Å². The van der Waals surface area contributed by atoms with Crippen LogP contribution in [0, 0.1) is 6.92 Å². The smallest absolute Gasteiger partial charge is 0.387 e. The zero-order chi connectivity index (χ0) is 25.8. The lowest BCUT2D eigenvalue weighted by Gasteiger charge is -2.33. The summed E-state index contributed by atoms with van der Waals surface area (Å²) in [6.07, 6.45) is 5.43. The van der Waals surface area contributed by atoms with Crippen molar-refractivity contribution in [3.8, 4) is 17.2 Å². The fourth-order valence-corrected chi connectivity index (χ4v) is 4.62. The number of ether oxygens (including phenoxy) is 1. The number of pyridine rings is 1. The zero-order valence-electron chi connectivity index (χ0n) is 20.0. The van der Waals surface area contributed by atoms with Crippen LogP contribution in [-0.4, -0.2) is 63.1 Å². The molecule has 0 fully saturated rings. The van der Waals surface area contributed by atoms with Crippen LogP contribution in [0.3, 0.4) is 0 Å². The Balaban J connectivity index is 1.41. The van der Waals surface area contributed by atoms with Crippen molar-refractivity contribution in [1.82, 2.24) is 44.0 Å². The third-order valence-corrected chi connectivity index (χ3v) is 6.56. The first-order valence-corrected chi connectivity index (χ1v) is 11.4. The number of carbonyl (C=O) groups excluding carboxylic acids is 1. The van der Waals surface area contributed by atoms with Crippen LogP contribution < -0.4 is 4.74 Å². The molecule has 12 nitrogen and oxygen atoms in total. The lowest BCUT2D eigenvalue weighted by Crippen LogP contribution is -2.41. The van der Waals surface area contributed by atoms with E-state index in [2.05, 4.69) is 30.1 Å². The number of amides is 1. The monoisotopic (exact) mass is 509 g/mol. The fraction of sp³-hybridized carbons (Fsp3) is 0.304. The van der Waals surface area contributed by atoms with Crippen molar-refractivity contribution in [3.63, 3.8) is 0 Å². The Hall–Kier alpha value is -4.62. The Labute approximate surface area is 208 Å². The van der Waals surface area contributed by atoms with Gasteiger partial charge in [-0.1, -0.05) is 0 Å². The lowest BCUT2D eigenvalue weighted by molar-refractivity contribution is -0.0490. The van der Waals surface area contributed by atoms with E-state index in [0.717, 1.165) is 11.4 Å². The van der Waals surface area contributed by atoms with Gasteiger partial charge in [-0.3, -0.25) is 9.48 Å². The average Bonchev–Trinajstić information content (AvgIpc) is 3.66. The molecule has 0 saturated carbocycles. The van der Waals surface area contributed by atoms with Crippen molar-refractivity contribution in [1.29, 1.82) is 0 Å². The van der Waals surface area contributed by atoms with Crippen molar-refractivity contribution in [2.45, 2.75) is 26.0 Å². The lowest BCUT2D eigenvalue weighted by atomic mass is 9.99. The molecule has 6 heterocycles. The van der Waals surface area contributed by atoms with E-state index in [1.807, 2.05) is 18.5 Å². The first-order valence-electron chi connectivity index (χ1n) is 11.4. The van der Waals surface area contributed by atoms with E-state index in [4.69, 9.17) is 4.42 Å². The topological polar surface area (TPSA) is 121 Å². The number of imidazole rings is 1. The van der Waals surface area contributed by atoms with Gasteiger partial charge in [-0.05, 0) is 25.1 Å². The summed E-state index contributed by atoms with van der Waals surface area (Å²) in [4.78, 5) is 19.8. The Morgan fingerprint density at radius 3 is 2.86 bits per heavy atom. The minimum atomic E-state index is -2.99. The summed E-state index contributed by atoms with van der Waals surface area (Å²) >= 11 is 0. The van der Waals surface area contributed by atoms with E-state index >= 15 is 0 Å². The van der Waals surface area contributed by atoms with Crippen molar-refractivity contribution < 1.29 is 22.7 Å². The van der Waals surface area contributed by atoms with Crippen LogP contribution in [0.15, 0.2) is 41.3 Å². The minimum Gasteiger partial charge on any atom is -0.433 e. The Bertz CT molecular complexity index is 1630. The summed E-state index contributed by atoms with van der Waals surface area (Å²) in [6.45, 7) is -0.810. The van der Waals surface area contributed by atoms with Crippen LogP contribution in [0.2, 0.25) is 0 Å². The second-order valence-corrected chi connectivity index (χ2v) is 8.67. The Morgan fingerprint density at radius 2 is 2.11 bits per heavy atom. The van der Waals surface area contributed by atoms with Crippen LogP contribution in [-0.2, 0) is 20.5 Å². The number of hydrogen-bond acceptors (Lipinski definition) is 8. The number of halogens is 2. The zero-order valence-corrected chi connectivity index (χ0v) is 20.0. The molecule has 0 N–H and O–H groups in total. The molecule has 0 aromatic carbocycles. The van der Waals surface area contributed by atoms with Crippen molar-refractivity contribution >= 4 is 11.4 Å². The van der Waals surface area contributed by atoms with Crippen LogP contribution in [0.4, 0.5) is 8.78 Å². The summed E-state index contributed by atoms with van der Waals surface area (Å²) in [5.41, 5.74) is 3.77. The third kappa shape index (κ3) is 3.72. The van der Waals surface area contributed by atoms with Crippen molar-refractivity contribution in [2.75, 3.05) is 6.54 Å². The molecule has 0 spiro atoms. The number of fused-ring (bicyclic) bond motifs is 2. The van der Waals surface area contributed by atoms with Crippen LogP contribution in [0.25, 0.3) is 17.0 Å². The van der Waals surface area contributed by atoms with Gasteiger partial charge in [0.1, 0.15) is 11.6 Å². The van der Waals surface area contributed by atoms with E-state index in [-0.39, 0.29) is 17.5 Å². The highest BCUT2D eigenvalue weighted by Gasteiger charge is 2.39. The maximum Gasteiger partial charge on any atom is 0.387 e. The standard InChI is InChI=1S/C23H21F2N9O3/c1-12-13(10-27-32(12)3)20-28-29-21(37-20)22(35)33-8-6-15-18(26-11-31(15)2)19(33)14-9-16-17(36-23(24)25)5-4-7-34(16)30-14/h4-5,7,9-11,19,23H,6,8H2,1-3H3/t19-/m1/s1. The molecule has 1 atom stereocenters. The average molecular weight is 509 g/mol. The summed E-state index contributed by atoms with van der Waals surface area (Å²) in [5, 5.41) is 16.8. The number of rotatable bonds is 5. The molecule has 0 aliphatic carbocycles. The van der Waals surface area contributed by atoms with Crippen LogP contribution in [0.5, 0.6) is 5.75 Å². The molecule has 0 unspecified atom stereocenters. The summed E-state index contributed by atoms with van der Waals surface area (Å²) in [5.74, 6) is -0.530. The number of alkyl halides is 2. The molecule has 0 bridgehead atoms. The summed E-state index contributed by atoms with van der Waals surface area (Å²) in [7, 11) is 3.66. The molecule has 1 amide bonds. The Morgan fingerprint density at radius 1 is 1.27 bits per heavy atom. The van der Waals surface area contributed by atoms with Gasteiger partial charge in [0.05, 0.1) is 29.5 Å². The molecular weight excluding hydrogens is 488 g/mol. The van der Waals surface area contributed by atoms with Gasteiger partial charge in [0.25, 0.3) is 5.89 Å². The molecule has 0 saturated heterocycles. The number of aryl methyl sites for hydroxylation is 2. The predicted octanol–water partition coefficient (Wildman–Crippen LogP) is 2.55. The number of aromatic nitrogens is 8. The van der Waals surface area contributed by atoms with Gasteiger partial charge < -0.3 is 18.6 Å². The molecule has 5 aromatic heterocycles. The highest BCUT2D eigenvalue weighted by Crippen LogP contribution is 2.36. The van der Waals surface area contributed by atoms with E-state index < -0.39 is 18.6 Å². The van der Waals surface area contributed by atoms with Gasteiger partial charge in [0, 0.05) is 44.6 Å². The maximum atomic E-state index is 13.7. The molecule has 0 radical (unpaired) electrons. The Kier molecular flexibility index (Phi) is 5.24. The first kappa shape index (κ1) is 22.8.